The van der Waals surface area contributed by atoms with E-state index in [9.17, 15) is 9.59 Å². The minimum absolute atomic E-state index is 0.116. The van der Waals surface area contributed by atoms with Crippen LogP contribution in [0.2, 0.25) is 0 Å². The van der Waals surface area contributed by atoms with Crippen LogP contribution in [-0.2, 0) is 6.61 Å². The highest BCUT2D eigenvalue weighted by Crippen LogP contribution is 2.30. The molecule has 30 heavy (non-hydrogen) atoms. The van der Waals surface area contributed by atoms with Gasteiger partial charge in [-0.25, -0.2) is 4.79 Å². The van der Waals surface area contributed by atoms with Crippen molar-refractivity contribution in [3.8, 4) is 5.75 Å². The van der Waals surface area contributed by atoms with Gasteiger partial charge < -0.3 is 15.4 Å². The quantitative estimate of drug-likeness (QED) is 0.588. The Kier molecular flexibility index (Phi) is 5.61. The van der Waals surface area contributed by atoms with E-state index in [1.165, 1.54) is 0 Å². The van der Waals surface area contributed by atoms with Gasteiger partial charge in [-0.15, -0.1) is 0 Å². The van der Waals surface area contributed by atoms with Crippen molar-refractivity contribution in [2.75, 3.05) is 0 Å². The van der Waals surface area contributed by atoms with Crippen LogP contribution in [0.3, 0.4) is 0 Å². The predicted octanol–water partition coefficient (Wildman–Crippen LogP) is 4.78. The summed E-state index contributed by atoms with van der Waals surface area (Å²) in [5, 5.41) is 5.59. The van der Waals surface area contributed by atoms with Crippen molar-refractivity contribution < 1.29 is 14.3 Å². The van der Waals surface area contributed by atoms with E-state index < -0.39 is 6.04 Å². The molecule has 0 aliphatic carbocycles. The second kappa shape index (κ2) is 8.66. The number of urea groups is 1. The second-order valence-electron chi connectivity index (χ2n) is 7.11. The normalized spacial score (nSPS) is 15.9. The number of rotatable bonds is 6. The molecule has 0 spiro atoms. The first-order valence-corrected chi connectivity index (χ1v) is 9.76. The minimum Gasteiger partial charge on any atom is -0.489 e. The van der Waals surface area contributed by atoms with Gasteiger partial charge in [0.15, 0.2) is 5.78 Å². The molecule has 5 heteroatoms. The topological polar surface area (TPSA) is 67.4 Å². The smallest absolute Gasteiger partial charge is 0.319 e. The molecular formula is C25H22N2O3. The van der Waals surface area contributed by atoms with Crippen molar-refractivity contribution in [1.82, 2.24) is 10.6 Å². The maximum Gasteiger partial charge on any atom is 0.319 e. The number of ketones is 1. The lowest BCUT2D eigenvalue weighted by molar-refractivity contribution is 0.102. The molecule has 0 radical (unpaired) electrons. The van der Waals surface area contributed by atoms with E-state index in [4.69, 9.17) is 4.74 Å². The molecule has 1 unspecified atom stereocenters. The molecule has 1 heterocycles. The lowest BCUT2D eigenvalue weighted by atomic mass is 9.89. The summed E-state index contributed by atoms with van der Waals surface area (Å²) in [7, 11) is 0. The zero-order valence-electron chi connectivity index (χ0n) is 16.6. The Morgan fingerprint density at radius 1 is 0.900 bits per heavy atom. The van der Waals surface area contributed by atoms with Crippen molar-refractivity contribution in [1.29, 1.82) is 0 Å². The Bertz CT molecular complexity index is 1070. The number of hydrogen-bond donors (Lipinski definition) is 2. The molecule has 1 aliphatic rings. The molecule has 4 rings (SSSR count). The summed E-state index contributed by atoms with van der Waals surface area (Å²) >= 11 is 0. The summed E-state index contributed by atoms with van der Waals surface area (Å²) in [5.41, 5.74) is 3.57. The number of amides is 2. The average Bonchev–Trinajstić information content (AvgIpc) is 2.78. The molecule has 0 fully saturated rings. The first kappa shape index (κ1) is 19.5. The molecule has 3 aromatic carbocycles. The molecule has 0 bridgehead atoms. The van der Waals surface area contributed by atoms with Crippen molar-refractivity contribution in [3.05, 3.63) is 113 Å². The fraction of sp³-hybridized carbons (Fsp3) is 0.120. The molecule has 0 aromatic heterocycles. The van der Waals surface area contributed by atoms with E-state index in [0.29, 0.717) is 23.4 Å². The fourth-order valence-corrected chi connectivity index (χ4v) is 3.49. The van der Waals surface area contributed by atoms with Gasteiger partial charge in [0, 0.05) is 16.8 Å². The van der Waals surface area contributed by atoms with E-state index >= 15 is 0 Å². The van der Waals surface area contributed by atoms with Gasteiger partial charge >= 0.3 is 6.03 Å². The third-order valence-corrected chi connectivity index (χ3v) is 5.01. The van der Waals surface area contributed by atoms with Gasteiger partial charge in [-0.05, 0) is 30.2 Å². The highest BCUT2D eigenvalue weighted by atomic mass is 16.5. The second-order valence-corrected chi connectivity index (χ2v) is 7.11. The summed E-state index contributed by atoms with van der Waals surface area (Å²) < 4.78 is 5.84. The van der Waals surface area contributed by atoms with Crippen LogP contribution in [0.5, 0.6) is 5.75 Å². The third-order valence-electron chi connectivity index (χ3n) is 5.01. The standard InChI is InChI=1S/C25H22N2O3/c1-17-22(24(28)20-10-6-3-7-11-20)23(27-25(29)26-17)19-12-14-21(15-13-19)30-16-18-8-4-2-5-9-18/h2-15,23H,16H2,1H3,(H2,26,27,29). The van der Waals surface area contributed by atoms with Crippen LogP contribution in [0.4, 0.5) is 4.79 Å². The van der Waals surface area contributed by atoms with E-state index in [1.807, 2.05) is 72.8 Å². The van der Waals surface area contributed by atoms with Gasteiger partial charge in [0.1, 0.15) is 12.4 Å². The van der Waals surface area contributed by atoms with Gasteiger partial charge in [0.25, 0.3) is 0 Å². The summed E-state index contributed by atoms with van der Waals surface area (Å²) in [6.07, 6.45) is 0. The maximum absolute atomic E-state index is 13.2. The van der Waals surface area contributed by atoms with Crippen molar-refractivity contribution in [3.63, 3.8) is 0 Å². The largest absolute Gasteiger partial charge is 0.489 e. The number of nitrogens with one attached hydrogen (secondary N) is 2. The maximum atomic E-state index is 13.2. The third kappa shape index (κ3) is 4.25. The first-order valence-electron chi connectivity index (χ1n) is 9.76. The van der Waals surface area contributed by atoms with Gasteiger partial charge in [-0.2, -0.15) is 0 Å². The Morgan fingerprint density at radius 2 is 1.53 bits per heavy atom. The molecule has 0 saturated carbocycles. The number of ether oxygens (including phenoxy) is 1. The summed E-state index contributed by atoms with van der Waals surface area (Å²) in [6, 6.07) is 25.6. The molecule has 2 amide bonds. The molecule has 3 aromatic rings. The minimum atomic E-state index is -0.533. The van der Waals surface area contributed by atoms with Crippen molar-refractivity contribution in [2.45, 2.75) is 19.6 Å². The molecular weight excluding hydrogens is 376 g/mol. The zero-order chi connectivity index (χ0) is 20.9. The van der Waals surface area contributed by atoms with Crippen LogP contribution in [0.25, 0.3) is 0 Å². The number of hydrogen-bond acceptors (Lipinski definition) is 3. The number of benzene rings is 3. The molecule has 0 saturated heterocycles. The highest BCUT2D eigenvalue weighted by molar-refractivity contribution is 6.11. The Balaban J connectivity index is 1.57. The van der Waals surface area contributed by atoms with E-state index in [2.05, 4.69) is 10.6 Å². The Labute approximate surface area is 175 Å². The van der Waals surface area contributed by atoms with Crippen molar-refractivity contribution >= 4 is 11.8 Å². The Morgan fingerprint density at radius 3 is 2.20 bits per heavy atom. The number of carbonyl (C=O) groups is 2. The zero-order valence-corrected chi connectivity index (χ0v) is 16.6. The molecule has 2 N–H and O–H groups in total. The summed E-state index contributed by atoms with van der Waals surface area (Å²) in [6.45, 7) is 2.22. The van der Waals surface area contributed by atoms with Crippen LogP contribution in [0.1, 0.15) is 34.5 Å². The van der Waals surface area contributed by atoms with Gasteiger partial charge in [0.2, 0.25) is 0 Å². The van der Waals surface area contributed by atoms with Crippen LogP contribution in [0.15, 0.2) is 96.2 Å². The number of Topliss-reactive ketones (excluding diaryl/α,β-unsaturated/α-hetero) is 1. The van der Waals surface area contributed by atoms with Crippen LogP contribution < -0.4 is 15.4 Å². The molecule has 5 nitrogen and oxygen atoms in total. The SMILES string of the molecule is CC1=C(C(=O)c2ccccc2)C(c2ccc(OCc3ccccc3)cc2)NC(=O)N1. The molecule has 1 aliphatic heterocycles. The monoisotopic (exact) mass is 398 g/mol. The average molecular weight is 398 g/mol. The van der Waals surface area contributed by atoms with Crippen LogP contribution >= 0.6 is 0 Å². The summed E-state index contributed by atoms with van der Waals surface area (Å²) in [5.74, 6) is 0.606. The van der Waals surface area contributed by atoms with Gasteiger partial charge in [-0.1, -0.05) is 72.8 Å². The lowest BCUT2D eigenvalue weighted by Crippen LogP contribution is -2.45. The van der Waals surface area contributed by atoms with Crippen LogP contribution in [-0.4, -0.2) is 11.8 Å². The highest BCUT2D eigenvalue weighted by Gasteiger charge is 2.31. The molecule has 1 atom stereocenters. The van der Waals surface area contributed by atoms with E-state index in [1.54, 1.807) is 19.1 Å². The number of carbonyl (C=O) groups excluding carboxylic acids is 2. The molecule has 150 valence electrons. The fourth-order valence-electron chi connectivity index (χ4n) is 3.49. The Hall–Kier alpha value is -3.86. The summed E-state index contributed by atoms with van der Waals surface area (Å²) in [4.78, 5) is 25.2. The van der Waals surface area contributed by atoms with E-state index in [0.717, 1.165) is 16.9 Å². The van der Waals surface area contributed by atoms with E-state index in [-0.39, 0.29) is 11.8 Å². The lowest BCUT2D eigenvalue weighted by Gasteiger charge is -2.28. The number of allylic oxidation sites excluding steroid dienone is 1. The predicted molar refractivity (Wildman–Crippen MR) is 115 cm³/mol. The van der Waals surface area contributed by atoms with Crippen molar-refractivity contribution in [2.24, 2.45) is 0 Å². The first-order chi connectivity index (χ1) is 14.6. The van der Waals surface area contributed by atoms with Crippen LogP contribution in [0, 0.1) is 0 Å². The van der Waals surface area contributed by atoms with Gasteiger partial charge in [0.05, 0.1) is 6.04 Å². The van der Waals surface area contributed by atoms with Gasteiger partial charge in [-0.3, -0.25) is 4.79 Å².